The molecule has 142 valence electrons. The van der Waals surface area contributed by atoms with E-state index in [0.29, 0.717) is 5.56 Å². The van der Waals surface area contributed by atoms with Crippen LogP contribution in [0.4, 0.5) is 19.0 Å². The van der Waals surface area contributed by atoms with Crippen molar-refractivity contribution in [2.45, 2.75) is 32.9 Å². The predicted octanol–water partition coefficient (Wildman–Crippen LogP) is 3.80. The summed E-state index contributed by atoms with van der Waals surface area (Å²) < 4.78 is 40.0. The zero-order valence-electron chi connectivity index (χ0n) is 14.8. The molecule has 27 heavy (non-hydrogen) atoms. The van der Waals surface area contributed by atoms with Crippen molar-refractivity contribution < 1.29 is 22.8 Å². The quantitative estimate of drug-likeness (QED) is 0.824. The van der Waals surface area contributed by atoms with Crippen molar-refractivity contribution in [3.8, 4) is 0 Å². The van der Waals surface area contributed by atoms with Crippen LogP contribution in [-0.2, 0) is 22.2 Å². The minimum Gasteiger partial charge on any atom is -0.272 e. The third-order valence-corrected chi connectivity index (χ3v) is 4.34. The molecular formula is C19H18F3N3O2. The lowest BCUT2D eigenvalue weighted by Gasteiger charge is -2.20. The first-order valence-electron chi connectivity index (χ1n) is 8.33. The number of amides is 2. The smallest absolute Gasteiger partial charge is 0.272 e. The van der Waals surface area contributed by atoms with Gasteiger partial charge in [0.25, 0.3) is 5.91 Å². The van der Waals surface area contributed by atoms with Crippen LogP contribution in [0.5, 0.6) is 0 Å². The Morgan fingerprint density at radius 1 is 1.11 bits per heavy atom. The van der Waals surface area contributed by atoms with E-state index in [-0.39, 0.29) is 24.4 Å². The lowest BCUT2D eigenvalue weighted by Crippen LogP contribution is -2.38. The second kappa shape index (κ2) is 6.68. The average molecular weight is 377 g/mol. The molecule has 2 heterocycles. The van der Waals surface area contributed by atoms with Crippen molar-refractivity contribution in [3.63, 3.8) is 0 Å². The van der Waals surface area contributed by atoms with Gasteiger partial charge < -0.3 is 0 Å². The van der Waals surface area contributed by atoms with Gasteiger partial charge in [-0.25, -0.2) is 4.98 Å². The largest absolute Gasteiger partial charge is 0.418 e. The van der Waals surface area contributed by atoms with Crippen molar-refractivity contribution in [2.24, 2.45) is 5.41 Å². The molecule has 3 rings (SSSR count). The number of hydrazine groups is 1. The van der Waals surface area contributed by atoms with E-state index in [1.807, 2.05) is 0 Å². The van der Waals surface area contributed by atoms with Gasteiger partial charge in [-0.2, -0.15) is 18.2 Å². The van der Waals surface area contributed by atoms with E-state index in [9.17, 15) is 22.8 Å². The molecule has 5 nitrogen and oxygen atoms in total. The van der Waals surface area contributed by atoms with Gasteiger partial charge in [-0.1, -0.05) is 44.2 Å². The van der Waals surface area contributed by atoms with E-state index < -0.39 is 29.0 Å². The molecule has 1 aromatic carbocycles. The summed E-state index contributed by atoms with van der Waals surface area (Å²) in [4.78, 5) is 28.4. The third kappa shape index (κ3) is 3.94. The van der Waals surface area contributed by atoms with Gasteiger partial charge in [0.05, 0.1) is 16.7 Å². The fourth-order valence-corrected chi connectivity index (χ4v) is 2.92. The minimum absolute atomic E-state index is 0.00771. The predicted molar refractivity (Wildman–Crippen MR) is 92.4 cm³/mol. The van der Waals surface area contributed by atoms with E-state index in [1.54, 1.807) is 44.2 Å². The Labute approximate surface area is 154 Å². The Kier molecular flexibility index (Phi) is 4.67. The Balaban J connectivity index is 1.93. The van der Waals surface area contributed by atoms with E-state index in [2.05, 4.69) is 10.4 Å². The van der Waals surface area contributed by atoms with Crippen LogP contribution in [-0.4, -0.2) is 21.8 Å². The van der Waals surface area contributed by atoms with Crippen LogP contribution in [0.3, 0.4) is 0 Å². The van der Waals surface area contributed by atoms with Crippen LogP contribution < -0.4 is 5.43 Å². The van der Waals surface area contributed by atoms with Gasteiger partial charge in [0.2, 0.25) is 5.91 Å². The van der Waals surface area contributed by atoms with Crippen LogP contribution in [0.15, 0.2) is 42.5 Å². The molecule has 0 radical (unpaired) electrons. The maximum atomic E-state index is 13.3. The summed E-state index contributed by atoms with van der Waals surface area (Å²) in [6, 6.07) is 10.7. The number of halogens is 3. The SMILES string of the molecule is CC1(C)CC(=O)N(Nc2ccc(C(F)(F)F)c(Cc3ccccc3)n2)C1=O. The number of aromatic nitrogens is 1. The van der Waals surface area contributed by atoms with Crippen LogP contribution in [0, 0.1) is 5.41 Å². The number of hydrogen-bond acceptors (Lipinski definition) is 4. The number of carbonyl (C=O) groups excluding carboxylic acids is 2. The summed E-state index contributed by atoms with van der Waals surface area (Å²) in [5.41, 5.74) is 1.33. The Hall–Kier alpha value is -2.90. The average Bonchev–Trinajstić information content (AvgIpc) is 2.77. The first kappa shape index (κ1) is 18.9. The van der Waals surface area contributed by atoms with Gasteiger partial charge in [0.1, 0.15) is 5.82 Å². The summed E-state index contributed by atoms with van der Waals surface area (Å²) >= 11 is 0. The summed E-state index contributed by atoms with van der Waals surface area (Å²) in [7, 11) is 0. The van der Waals surface area contributed by atoms with E-state index >= 15 is 0 Å². The number of alkyl halides is 3. The molecule has 1 aromatic heterocycles. The molecule has 0 aliphatic carbocycles. The van der Waals surface area contributed by atoms with Crippen LogP contribution in [0.2, 0.25) is 0 Å². The maximum absolute atomic E-state index is 13.3. The number of nitrogens with zero attached hydrogens (tertiary/aromatic N) is 2. The molecule has 1 N–H and O–H groups in total. The molecule has 1 aliphatic rings. The highest BCUT2D eigenvalue weighted by atomic mass is 19.4. The summed E-state index contributed by atoms with van der Waals surface area (Å²) in [5.74, 6) is -0.886. The number of nitrogens with one attached hydrogen (secondary N) is 1. The molecule has 0 bridgehead atoms. The minimum atomic E-state index is -4.56. The third-order valence-electron chi connectivity index (χ3n) is 4.34. The highest BCUT2D eigenvalue weighted by molar-refractivity contribution is 6.06. The fraction of sp³-hybridized carbons (Fsp3) is 0.316. The zero-order chi connectivity index (χ0) is 19.8. The van der Waals surface area contributed by atoms with Crippen LogP contribution >= 0.6 is 0 Å². The first-order chi connectivity index (χ1) is 12.6. The van der Waals surface area contributed by atoms with Crippen molar-refractivity contribution in [1.29, 1.82) is 0 Å². The number of benzene rings is 1. The zero-order valence-corrected chi connectivity index (χ0v) is 14.8. The molecule has 0 saturated carbocycles. The van der Waals surface area contributed by atoms with Crippen molar-refractivity contribution in [3.05, 3.63) is 59.3 Å². The number of carbonyl (C=O) groups is 2. The molecule has 0 spiro atoms. The Morgan fingerprint density at radius 3 is 2.33 bits per heavy atom. The molecule has 2 aromatic rings. The first-order valence-corrected chi connectivity index (χ1v) is 8.33. The summed E-state index contributed by atoms with van der Waals surface area (Å²) in [5, 5.41) is 0.821. The number of pyridine rings is 1. The monoisotopic (exact) mass is 377 g/mol. The van der Waals surface area contributed by atoms with E-state index in [4.69, 9.17) is 0 Å². The summed E-state index contributed by atoms with van der Waals surface area (Å²) in [6.07, 6.45) is -4.56. The number of hydrogen-bond donors (Lipinski definition) is 1. The highest BCUT2D eigenvalue weighted by Gasteiger charge is 2.45. The van der Waals surface area contributed by atoms with E-state index in [0.717, 1.165) is 17.1 Å². The second-order valence-electron chi connectivity index (χ2n) is 7.06. The summed E-state index contributed by atoms with van der Waals surface area (Å²) in [6.45, 7) is 3.27. The topological polar surface area (TPSA) is 62.3 Å². The van der Waals surface area contributed by atoms with Crippen molar-refractivity contribution >= 4 is 17.6 Å². The van der Waals surface area contributed by atoms with Gasteiger partial charge in [-0.3, -0.25) is 15.0 Å². The normalized spacial score (nSPS) is 16.7. The van der Waals surface area contributed by atoms with Gasteiger partial charge in [0.15, 0.2) is 0 Å². The lowest BCUT2D eigenvalue weighted by atomic mass is 9.92. The molecule has 8 heteroatoms. The molecule has 1 aliphatic heterocycles. The standard InChI is InChI=1S/C19H18F3N3O2/c1-18(2)11-16(26)25(17(18)27)24-15-9-8-13(19(20,21)22)14(23-15)10-12-6-4-3-5-7-12/h3-9H,10-11H2,1-2H3,(H,23,24). The van der Waals surface area contributed by atoms with E-state index in [1.165, 1.54) is 0 Å². The highest BCUT2D eigenvalue weighted by Crippen LogP contribution is 2.34. The van der Waals surface area contributed by atoms with Crippen LogP contribution in [0.1, 0.15) is 37.1 Å². The van der Waals surface area contributed by atoms with Crippen LogP contribution in [0.25, 0.3) is 0 Å². The number of imide groups is 1. The van der Waals surface area contributed by atoms with Crippen molar-refractivity contribution in [2.75, 3.05) is 5.43 Å². The second-order valence-corrected chi connectivity index (χ2v) is 7.06. The lowest BCUT2D eigenvalue weighted by molar-refractivity contribution is -0.140. The number of anilines is 1. The fourth-order valence-electron chi connectivity index (χ4n) is 2.92. The molecule has 0 atom stereocenters. The molecule has 1 saturated heterocycles. The van der Waals surface area contributed by atoms with Crippen molar-refractivity contribution in [1.82, 2.24) is 9.99 Å². The Morgan fingerprint density at radius 2 is 1.78 bits per heavy atom. The molecule has 2 amide bonds. The molecule has 0 unspecified atom stereocenters. The molecule has 1 fully saturated rings. The van der Waals surface area contributed by atoms with Gasteiger partial charge in [0, 0.05) is 12.8 Å². The van der Waals surface area contributed by atoms with Gasteiger partial charge >= 0.3 is 6.18 Å². The molecular weight excluding hydrogens is 359 g/mol. The van der Waals surface area contributed by atoms with Gasteiger partial charge in [-0.05, 0) is 17.7 Å². The van der Waals surface area contributed by atoms with Gasteiger partial charge in [-0.15, -0.1) is 0 Å². The number of rotatable bonds is 4. The maximum Gasteiger partial charge on any atom is 0.418 e. The Bertz CT molecular complexity index is 880.